The number of hydrogen-bond acceptors (Lipinski definition) is 3. The molecule has 3 aromatic carbocycles. The molecule has 2 heterocycles. The van der Waals surface area contributed by atoms with Crippen LogP contribution in [0.5, 0.6) is 5.75 Å². The molecule has 0 spiro atoms. The first-order valence-electron chi connectivity index (χ1n) is 11.2. The highest BCUT2D eigenvalue weighted by Crippen LogP contribution is 2.41. The van der Waals surface area contributed by atoms with Gasteiger partial charge in [-0.05, 0) is 59.5 Å². The molecule has 0 saturated carbocycles. The molecule has 35 heavy (non-hydrogen) atoms. The quantitative estimate of drug-likeness (QED) is 0.352. The van der Waals surface area contributed by atoms with Gasteiger partial charge >= 0.3 is 5.97 Å². The van der Waals surface area contributed by atoms with Crippen LogP contribution in [0.4, 0.5) is 0 Å². The van der Waals surface area contributed by atoms with Crippen molar-refractivity contribution in [2.45, 2.75) is 18.9 Å². The van der Waals surface area contributed by atoms with E-state index in [1.54, 1.807) is 24.3 Å². The largest absolute Gasteiger partial charge is 0.482 e. The van der Waals surface area contributed by atoms with E-state index in [-0.39, 0.29) is 12.3 Å². The lowest BCUT2D eigenvalue weighted by molar-refractivity contribution is -0.139. The Balaban J connectivity index is 1.55. The van der Waals surface area contributed by atoms with Crippen molar-refractivity contribution in [3.63, 3.8) is 0 Å². The van der Waals surface area contributed by atoms with Gasteiger partial charge in [0.1, 0.15) is 5.75 Å². The van der Waals surface area contributed by atoms with Crippen LogP contribution < -0.4 is 4.74 Å². The van der Waals surface area contributed by atoms with Crippen LogP contribution in [-0.4, -0.2) is 40.0 Å². The maximum Gasteiger partial charge on any atom is 0.341 e. The molecule has 6 nitrogen and oxygen atoms in total. The molecule has 1 aliphatic rings. The van der Waals surface area contributed by atoms with E-state index >= 15 is 0 Å². The fourth-order valence-corrected chi connectivity index (χ4v) is 5.09. The van der Waals surface area contributed by atoms with Gasteiger partial charge < -0.3 is 19.7 Å². The second-order valence-electron chi connectivity index (χ2n) is 8.48. The van der Waals surface area contributed by atoms with Gasteiger partial charge in [-0.2, -0.15) is 0 Å². The first kappa shape index (κ1) is 23.3. The number of hydrogen-bond donors (Lipinski definition) is 2. The lowest BCUT2D eigenvalue weighted by atomic mass is 9.87. The van der Waals surface area contributed by atoms with Crippen molar-refractivity contribution in [1.29, 1.82) is 0 Å². The number of nitrogens with zero attached hydrogens (tertiary/aromatic N) is 1. The number of benzene rings is 3. The van der Waals surface area contributed by atoms with Crippen LogP contribution in [0.1, 0.15) is 28.3 Å². The monoisotopic (exact) mass is 508 g/mol. The Bertz CT molecular complexity index is 1430. The number of amides is 1. The summed E-state index contributed by atoms with van der Waals surface area (Å²) in [5.74, 6) is -0.759. The summed E-state index contributed by atoms with van der Waals surface area (Å²) in [6.45, 7) is 0.0154. The number of fused-ring (bicyclic) bond motifs is 2. The zero-order chi connectivity index (χ0) is 24.5. The van der Waals surface area contributed by atoms with Crippen LogP contribution in [0.2, 0.25) is 10.0 Å². The van der Waals surface area contributed by atoms with Crippen molar-refractivity contribution >= 4 is 46.0 Å². The maximum absolute atomic E-state index is 13.8. The predicted octanol–water partition coefficient (Wildman–Crippen LogP) is 5.65. The van der Waals surface area contributed by atoms with Crippen LogP contribution in [-0.2, 0) is 22.4 Å². The number of H-pyrrole nitrogens is 1. The number of halogens is 2. The van der Waals surface area contributed by atoms with Crippen molar-refractivity contribution in [3.8, 4) is 5.75 Å². The summed E-state index contributed by atoms with van der Waals surface area (Å²) >= 11 is 12.6. The summed E-state index contributed by atoms with van der Waals surface area (Å²) in [7, 11) is 0. The topological polar surface area (TPSA) is 82.6 Å². The SMILES string of the molecule is O=C(O)COc1ccc(Cl)cc1C1c2ccccc2CCN1C(=O)Cc1c[nH]c2ccc(Cl)cc12. The second-order valence-corrected chi connectivity index (χ2v) is 9.36. The molecule has 1 aliphatic heterocycles. The molecule has 1 unspecified atom stereocenters. The van der Waals surface area contributed by atoms with Gasteiger partial charge in [-0.15, -0.1) is 0 Å². The van der Waals surface area contributed by atoms with Crippen LogP contribution >= 0.6 is 23.2 Å². The minimum Gasteiger partial charge on any atom is -0.482 e. The molecule has 5 rings (SSSR count). The highest BCUT2D eigenvalue weighted by Gasteiger charge is 2.34. The third-order valence-electron chi connectivity index (χ3n) is 6.29. The zero-order valence-electron chi connectivity index (χ0n) is 18.6. The molecular formula is C27H22Cl2N2O4. The molecule has 1 amide bonds. The molecular weight excluding hydrogens is 487 g/mol. The van der Waals surface area contributed by atoms with Crippen LogP contribution in [0.25, 0.3) is 10.9 Å². The van der Waals surface area contributed by atoms with E-state index in [4.69, 9.17) is 33.0 Å². The van der Waals surface area contributed by atoms with E-state index < -0.39 is 18.6 Å². The Hall–Kier alpha value is -3.48. The summed E-state index contributed by atoms with van der Waals surface area (Å²) < 4.78 is 5.61. The van der Waals surface area contributed by atoms with Gasteiger partial charge in [0.05, 0.1) is 12.5 Å². The summed E-state index contributed by atoms with van der Waals surface area (Å²) in [6.07, 6.45) is 2.74. The molecule has 0 saturated heterocycles. The van der Waals surface area contributed by atoms with Gasteiger partial charge in [-0.1, -0.05) is 47.5 Å². The number of carbonyl (C=O) groups excluding carboxylic acids is 1. The average Bonchev–Trinajstić information content (AvgIpc) is 3.24. The Morgan fingerprint density at radius 2 is 1.80 bits per heavy atom. The molecule has 1 atom stereocenters. The van der Waals surface area contributed by atoms with Crippen molar-refractivity contribution in [1.82, 2.24) is 9.88 Å². The minimum atomic E-state index is -1.08. The van der Waals surface area contributed by atoms with Gasteiger partial charge in [-0.25, -0.2) is 4.79 Å². The van der Waals surface area contributed by atoms with Gasteiger partial charge in [0, 0.05) is 39.3 Å². The van der Waals surface area contributed by atoms with Crippen LogP contribution in [0.15, 0.2) is 66.9 Å². The van der Waals surface area contributed by atoms with Crippen molar-refractivity contribution < 1.29 is 19.4 Å². The number of aromatic amines is 1. The Kier molecular flexibility index (Phi) is 6.41. The van der Waals surface area contributed by atoms with Crippen LogP contribution in [0, 0.1) is 0 Å². The third kappa shape index (κ3) is 4.72. The number of carboxylic acid groups (broad SMARTS) is 1. The van der Waals surface area contributed by atoms with E-state index in [2.05, 4.69) is 4.98 Å². The zero-order valence-corrected chi connectivity index (χ0v) is 20.1. The predicted molar refractivity (Wildman–Crippen MR) is 135 cm³/mol. The second kappa shape index (κ2) is 9.64. The smallest absolute Gasteiger partial charge is 0.341 e. The fraction of sp³-hybridized carbons (Fsp3) is 0.185. The maximum atomic E-state index is 13.8. The molecule has 4 aromatic rings. The lowest BCUT2D eigenvalue weighted by Crippen LogP contribution is -2.41. The summed E-state index contributed by atoms with van der Waals surface area (Å²) in [6, 6.07) is 18.1. The lowest BCUT2D eigenvalue weighted by Gasteiger charge is -2.38. The van der Waals surface area contributed by atoms with E-state index in [0.29, 0.717) is 34.3 Å². The Labute approximate surface area is 212 Å². The first-order valence-corrected chi connectivity index (χ1v) is 11.9. The van der Waals surface area contributed by atoms with Gasteiger partial charge in [0.2, 0.25) is 5.91 Å². The number of carboxylic acids is 1. The summed E-state index contributed by atoms with van der Waals surface area (Å²) in [4.78, 5) is 30.0. The van der Waals surface area contributed by atoms with Crippen LogP contribution in [0.3, 0.4) is 0 Å². The molecule has 0 bridgehead atoms. The highest BCUT2D eigenvalue weighted by atomic mass is 35.5. The molecule has 0 radical (unpaired) electrons. The van der Waals surface area contributed by atoms with Gasteiger partial charge in [0.15, 0.2) is 6.61 Å². The normalized spacial score (nSPS) is 15.1. The van der Waals surface area contributed by atoms with Gasteiger partial charge in [0.25, 0.3) is 0 Å². The molecule has 0 fully saturated rings. The van der Waals surface area contributed by atoms with Crippen molar-refractivity contribution in [3.05, 3.63) is 99.2 Å². The van der Waals surface area contributed by atoms with Gasteiger partial charge in [-0.3, -0.25) is 4.79 Å². The van der Waals surface area contributed by atoms with Crippen molar-refractivity contribution in [2.75, 3.05) is 13.2 Å². The number of nitrogens with one attached hydrogen (secondary N) is 1. The van der Waals surface area contributed by atoms with E-state index in [1.807, 2.05) is 47.5 Å². The minimum absolute atomic E-state index is 0.0606. The average molecular weight is 509 g/mol. The number of ether oxygens (including phenoxy) is 1. The Morgan fingerprint density at radius 3 is 2.63 bits per heavy atom. The summed E-state index contributed by atoms with van der Waals surface area (Å²) in [5.41, 5.74) is 4.53. The van der Waals surface area contributed by atoms with E-state index in [9.17, 15) is 9.59 Å². The molecule has 0 aliphatic carbocycles. The number of aromatic nitrogens is 1. The Morgan fingerprint density at radius 1 is 1.03 bits per heavy atom. The number of aliphatic carboxylic acids is 1. The highest BCUT2D eigenvalue weighted by molar-refractivity contribution is 6.31. The molecule has 178 valence electrons. The molecule has 8 heteroatoms. The third-order valence-corrected chi connectivity index (χ3v) is 6.76. The van der Waals surface area contributed by atoms with E-state index in [1.165, 1.54) is 0 Å². The number of carbonyl (C=O) groups is 2. The fourth-order valence-electron chi connectivity index (χ4n) is 4.74. The first-order chi connectivity index (χ1) is 16.9. The van der Waals surface area contributed by atoms with E-state index in [0.717, 1.165) is 27.6 Å². The standard InChI is InChI=1S/C27H22Cl2N2O4/c28-18-5-7-23-21(12-18)17(14-30-23)11-25(32)31-10-9-16-3-1-2-4-20(16)27(31)22-13-19(29)6-8-24(22)35-15-26(33)34/h1-8,12-14,27,30H,9-11,15H2,(H,33,34). The summed E-state index contributed by atoms with van der Waals surface area (Å²) in [5, 5.41) is 11.1. The van der Waals surface area contributed by atoms with Crippen molar-refractivity contribution in [2.24, 2.45) is 0 Å². The number of rotatable bonds is 6. The molecule has 1 aromatic heterocycles. The molecule has 2 N–H and O–H groups in total.